The van der Waals surface area contributed by atoms with Crippen molar-refractivity contribution in [3.63, 3.8) is 0 Å². The number of carboxylic acid groups (broad SMARTS) is 2. The molecule has 0 unspecified atom stereocenters. The number of rotatable bonds is 11. The van der Waals surface area contributed by atoms with Gasteiger partial charge < -0.3 is 40.2 Å². The van der Waals surface area contributed by atoms with Crippen LogP contribution in [0.2, 0.25) is 0 Å². The van der Waals surface area contributed by atoms with Crippen LogP contribution in [0.4, 0.5) is 9.59 Å². The van der Waals surface area contributed by atoms with Crippen molar-refractivity contribution in [1.29, 1.82) is 0 Å². The summed E-state index contributed by atoms with van der Waals surface area (Å²) in [6.07, 6.45) is -0.253. The van der Waals surface area contributed by atoms with Crippen LogP contribution in [0, 0.1) is 0 Å². The molecule has 6 aromatic rings. The molecule has 2 saturated heterocycles. The monoisotopic (exact) mass is 838 g/mol. The minimum Gasteiger partial charge on any atom is -0.465 e. The number of H-pyrrole nitrogens is 2. The van der Waals surface area contributed by atoms with E-state index in [0.717, 1.165) is 32.1 Å². The van der Waals surface area contributed by atoms with Crippen molar-refractivity contribution in [2.75, 3.05) is 27.2 Å². The van der Waals surface area contributed by atoms with E-state index in [0.29, 0.717) is 34.2 Å². The maximum Gasteiger partial charge on any atom is 0.407 e. The van der Waals surface area contributed by atoms with E-state index in [1.165, 1.54) is 23.9 Å². The number of aromatic nitrogens is 4. The zero-order valence-electron chi connectivity index (χ0n) is 33.9. The van der Waals surface area contributed by atoms with E-state index >= 15 is 0 Å². The summed E-state index contributed by atoms with van der Waals surface area (Å²) in [6, 6.07) is 29.8. The number of β-amino-alcohol motifs (C(OH)–C–C–N with tert-alkyl or cyclic N) is 2. The summed E-state index contributed by atoms with van der Waals surface area (Å²) in [6.45, 7) is 0.0821. The molecule has 2 fully saturated rings. The Hall–Kier alpha value is -7.30. The molecule has 0 saturated carbocycles. The Bertz CT molecular complexity index is 2370. The zero-order chi connectivity index (χ0) is 43.7. The molecule has 16 nitrogen and oxygen atoms in total. The molecule has 4 aromatic carbocycles. The van der Waals surface area contributed by atoms with Gasteiger partial charge in [0.1, 0.15) is 23.7 Å². The topological polar surface area (TPSA) is 220 Å². The molecule has 4 amide bonds. The van der Waals surface area contributed by atoms with Crippen LogP contribution in [0.25, 0.3) is 33.6 Å². The number of aliphatic hydroxyl groups excluding tert-OH is 2. The van der Waals surface area contributed by atoms with E-state index in [4.69, 9.17) is 0 Å². The molecule has 6 atom stereocenters. The third-order valence-electron chi connectivity index (χ3n) is 11.7. The molecule has 0 aliphatic carbocycles. The Morgan fingerprint density at radius 3 is 1.24 bits per heavy atom. The Morgan fingerprint density at radius 2 is 0.903 bits per heavy atom. The van der Waals surface area contributed by atoms with Crippen LogP contribution in [-0.4, -0.2) is 123 Å². The molecular formula is C46H46N8O8. The third kappa shape index (κ3) is 8.25. The number of likely N-dealkylation sites (tertiary alicyclic amines) is 2. The fourth-order valence-electron chi connectivity index (χ4n) is 8.49. The second-order valence-electron chi connectivity index (χ2n) is 15.7. The number of hydrogen-bond donors (Lipinski definition) is 6. The van der Waals surface area contributed by atoms with E-state index in [1.54, 1.807) is 73.1 Å². The molecule has 0 spiro atoms. The first-order valence-electron chi connectivity index (χ1n) is 20.2. The smallest absolute Gasteiger partial charge is 0.407 e. The number of aliphatic hydroxyl groups is 2. The van der Waals surface area contributed by atoms with Gasteiger partial charge in [0.15, 0.2) is 0 Å². The molecule has 62 heavy (non-hydrogen) atoms. The van der Waals surface area contributed by atoms with Crippen LogP contribution in [0.15, 0.2) is 122 Å². The van der Waals surface area contributed by atoms with E-state index in [-0.39, 0.29) is 25.9 Å². The zero-order valence-corrected chi connectivity index (χ0v) is 33.9. The predicted octanol–water partition coefficient (Wildman–Crippen LogP) is 6.10. The fraction of sp³-hybridized carbons (Fsp3) is 0.261. The van der Waals surface area contributed by atoms with Crippen LogP contribution >= 0.6 is 0 Å². The highest BCUT2D eigenvalue weighted by atomic mass is 16.4. The van der Waals surface area contributed by atoms with Gasteiger partial charge in [-0.25, -0.2) is 19.6 Å². The highest BCUT2D eigenvalue weighted by molar-refractivity contribution is 5.88. The molecule has 2 aliphatic heterocycles. The number of amides is 4. The number of nitrogens with one attached hydrogen (secondary N) is 2. The molecule has 4 heterocycles. The number of carbonyl (C=O) groups excluding carboxylic acids is 2. The summed E-state index contributed by atoms with van der Waals surface area (Å²) >= 11 is 0. The first kappa shape index (κ1) is 41.4. The molecular weight excluding hydrogens is 793 g/mol. The number of nitrogens with zero attached hydrogens (tertiary/aromatic N) is 6. The van der Waals surface area contributed by atoms with E-state index in [1.807, 2.05) is 48.5 Å². The highest BCUT2D eigenvalue weighted by Gasteiger charge is 2.43. The summed E-state index contributed by atoms with van der Waals surface area (Å²) in [7, 11) is 2.71. The molecule has 0 radical (unpaired) electrons. The van der Waals surface area contributed by atoms with Crippen molar-refractivity contribution >= 4 is 24.0 Å². The molecule has 2 aromatic heterocycles. The number of imidazole rings is 2. The van der Waals surface area contributed by atoms with Gasteiger partial charge in [0, 0.05) is 40.0 Å². The Kier molecular flexibility index (Phi) is 11.6. The van der Waals surface area contributed by atoms with Crippen molar-refractivity contribution < 1.29 is 39.6 Å². The summed E-state index contributed by atoms with van der Waals surface area (Å²) in [4.78, 5) is 72.8. The summed E-state index contributed by atoms with van der Waals surface area (Å²) in [5.74, 6) is 0.0797. The van der Waals surface area contributed by atoms with Crippen LogP contribution in [-0.2, 0) is 9.59 Å². The maximum atomic E-state index is 14.0. The average molecular weight is 839 g/mol. The van der Waals surface area contributed by atoms with Gasteiger partial charge in [0.05, 0.1) is 48.1 Å². The fourth-order valence-corrected chi connectivity index (χ4v) is 8.49. The van der Waals surface area contributed by atoms with Gasteiger partial charge in [-0.2, -0.15) is 0 Å². The lowest BCUT2D eigenvalue weighted by atomic mass is 10.0. The number of hydrogen-bond acceptors (Lipinski definition) is 8. The second-order valence-corrected chi connectivity index (χ2v) is 15.7. The van der Waals surface area contributed by atoms with Gasteiger partial charge in [0.2, 0.25) is 0 Å². The molecule has 16 heteroatoms. The standard InChI is InChI=1S/C46H46N8O8/c1-51(45(59)60)39(31-9-5-3-6-10-31)43(57)53-25-33(55)21-37(53)41-47-23-35(49-41)29-17-13-27(14-18-29)28-15-19-30(20-16-28)36-24-48-42(50-36)38-22-34(56)26-54(38)44(58)40(52(2)46(61)62)32-11-7-4-8-12-32/h3-20,23-24,33-34,37-40,55-56H,21-22,25-26H2,1-2H3,(H,47,49)(H,48,50)(H,59,60)(H,61,62)/t33-,34-,37+,38+,39-,40-/m1/s1. The molecule has 6 N–H and O–H groups in total. The normalized spacial score (nSPS) is 19.5. The SMILES string of the molecule is CN(C(=O)O)[C@@H](C(=O)N1C[C@H](O)C[C@H]1c1ncc(-c2ccc(-c3ccc(-c4cnc([C@@H]5C[C@@H](O)CN5C(=O)[C@@H](c5ccccc5)N(C)C(=O)O)[nH]4)cc3)cc2)[nH]1)c1ccccc1. The maximum absolute atomic E-state index is 14.0. The van der Waals surface area contributed by atoms with Crippen LogP contribution < -0.4 is 0 Å². The second kappa shape index (κ2) is 17.4. The van der Waals surface area contributed by atoms with Crippen molar-refractivity contribution in [2.24, 2.45) is 0 Å². The van der Waals surface area contributed by atoms with Crippen molar-refractivity contribution in [2.45, 2.75) is 49.2 Å². The summed E-state index contributed by atoms with van der Waals surface area (Å²) in [5.41, 5.74) is 6.11. The minimum absolute atomic E-state index is 0.0410. The van der Waals surface area contributed by atoms with E-state index < -0.39 is 60.4 Å². The van der Waals surface area contributed by atoms with Crippen molar-refractivity contribution in [1.82, 2.24) is 39.5 Å². The third-order valence-corrected chi connectivity index (χ3v) is 11.7. The number of likely N-dealkylation sites (N-methyl/N-ethyl adjacent to an activating group) is 2. The van der Waals surface area contributed by atoms with E-state index in [2.05, 4.69) is 19.9 Å². The van der Waals surface area contributed by atoms with Crippen molar-refractivity contribution in [3.8, 4) is 33.6 Å². The molecule has 318 valence electrons. The number of aromatic amines is 2. The largest absolute Gasteiger partial charge is 0.465 e. The van der Waals surface area contributed by atoms with Gasteiger partial charge >= 0.3 is 12.2 Å². The van der Waals surface area contributed by atoms with Crippen LogP contribution in [0.5, 0.6) is 0 Å². The molecule has 8 rings (SSSR count). The lowest BCUT2D eigenvalue weighted by Crippen LogP contribution is -2.43. The van der Waals surface area contributed by atoms with E-state index in [9.17, 15) is 39.6 Å². The Labute approximate surface area is 356 Å². The highest BCUT2D eigenvalue weighted by Crippen LogP contribution is 2.38. The quantitative estimate of drug-likeness (QED) is 0.0880. The minimum atomic E-state index is -1.25. The van der Waals surface area contributed by atoms with Gasteiger partial charge in [-0.05, 0) is 33.4 Å². The average Bonchev–Trinajstić information content (AvgIpc) is 4.11. The Balaban J connectivity index is 0.954. The number of benzene rings is 4. The van der Waals surface area contributed by atoms with Crippen molar-refractivity contribution in [3.05, 3.63) is 144 Å². The summed E-state index contributed by atoms with van der Waals surface area (Å²) < 4.78 is 0. The van der Waals surface area contributed by atoms with Crippen LogP contribution in [0.1, 0.15) is 59.8 Å². The first-order chi connectivity index (χ1) is 29.9. The van der Waals surface area contributed by atoms with Gasteiger partial charge in [-0.15, -0.1) is 0 Å². The first-order valence-corrected chi connectivity index (χ1v) is 20.2. The number of carbonyl (C=O) groups is 4. The van der Waals surface area contributed by atoms with Gasteiger partial charge in [-0.3, -0.25) is 19.4 Å². The summed E-state index contributed by atoms with van der Waals surface area (Å²) in [5, 5.41) is 41.0. The van der Waals surface area contributed by atoms with Crippen LogP contribution in [0.3, 0.4) is 0 Å². The predicted molar refractivity (Wildman–Crippen MR) is 227 cm³/mol. The lowest BCUT2D eigenvalue weighted by molar-refractivity contribution is -0.138. The Morgan fingerprint density at radius 1 is 0.565 bits per heavy atom. The lowest BCUT2D eigenvalue weighted by Gasteiger charge is -2.31. The molecule has 0 bridgehead atoms. The molecule has 2 aliphatic rings. The van der Waals surface area contributed by atoms with Gasteiger partial charge in [0.25, 0.3) is 11.8 Å². The van der Waals surface area contributed by atoms with Gasteiger partial charge in [-0.1, -0.05) is 109 Å².